The van der Waals surface area contributed by atoms with Crippen molar-refractivity contribution in [1.29, 1.82) is 0 Å². The molecule has 0 spiro atoms. The first kappa shape index (κ1) is 15.9. The number of ether oxygens (including phenoxy) is 1. The Balaban J connectivity index is 1.45. The Morgan fingerprint density at radius 1 is 1.48 bits per heavy atom. The highest BCUT2D eigenvalue weighted by atomic mass is 32.1. The lowest BCUT2D eigenvalue weighted by atomic mass is 9.97. The third-order valence-corrected chi connectivity index (χ3v) is 4.68. The molecule has 0 atom stereocenters. The topological polar surface area (TPSA) is 85.2 Å². The van der Waals surface area contributed by atoms with Gasteiger partial charge in [-0.15, -0.1) is 11.3 Å². The fourth-order valence-corrected chi connectivity index (χ4v) is 3.34. The number of amides is 2. The van der Waals surface area contributed by atoms with E-state index < -0.39 is 0 Å². The smallest absolute Gasteiger partial charge is 0.323 e. The van der Waals surface area contributed by atoms with Crippen LogP contribution in [0, 0.1) is 5.92 Å². The summed E-state index contributed by atoms with van der Waals surface area (Å²) in [5.41, 5.74) is 0.833. The van der Waals surface area contributed by atoms with Gasteiger partial charge in [0, 0.05) is 32.1 Å². The second-order valence-corrected chi connectivity index (χ2v) is 6.41. The van der Waals surface area contributed by atoms with Gasteiger partial charge in [0.25, 0.3) is 0 Å². The van der Waals surface area contributed by atoms with Crippen LogP contribution in [0.25, 0.3) is 0 Å². The van der Waals surface area contributed by atoms with E-state index >= 15 is 0 Å². The summed E-state index contributed by atoms with van der Waals surface area (Å²) in [6, 6.07) is -0.0810. The van der Waals surface area contributed by atoms with Crippen molar-refractivity contribution < 1.29 is 9.53 Å². The fraction of sp³-hybridized carbons (Fsp3) is 0.571. The lowest BCUT2D eigenvalue weighted by molar-refractivity contribution is 0.175. The molecule has 1 aliphatic rings. The summed E-state index contributed by atoms with van der Waals surface area (Å²) in [6.45, 7) is 2.82. The number of carbonyl (C=O) groups excluding carboxylic acids is 1. The molecule has 8 nitrogen and oxygen atoms in total. The Morgan fingerprint density at radius 2 is 2.30 bits per heavy atom. The van der Waals surface area contributed by atoms with Gasteiger partial charge in [-0.25, -0.2) is 14.8 Å². The van der Waals surface area contributed by atoms with Gasteiger partial charge < -0.3 is 9.64 Å². The molecule has 124 valence electrons. The standard InChI is InChI=1S/C14H20N6O2S/c1-22-7-12-8-23-13(17-12)18-14(21)19-4-2-11(3-5-19)6-20-10-15-9-16-20/h8-11H,2-7H2,1H3,(H,17,18,21). The lowest BCUT2D eigenvalue weighted by Gasteiger charge is -2.31. The van der Waals surface area contributed by atoms with E-state index in [-0.39, 0.29) is 6.03 Å². The molecule has 23 heavy (non-hydrogen) atoms. The van der Waals surface area contributed by atoms with Crippen LogP contribution in [0.15, 0.2) is 18.0 Å². The number of thiazole rings is 1. The van der Waals surface area contributed by atoms with Gasteiger partial charge in [0.2, 0.25) is 0 Å². The zero-order valence-corrected chi connectivity index (χ0v) is 13.8. The Hall–Kier alpha value is -2.00. The molecule has 3 heterocycles. The van der Waals surface area contributed by atoms with Crippen LogP contribution in [0.4, 0.5) is 9.93 Å². The molecule has 0 unspecified atom stereocenters. The average Bonchev–Trinajstić information content (AvgIpc) is 3.21. The molecule has 1 N–H and O–H groups in total. The minimum Gasteiger partial charge on any atom is -0.378 e. The first-order chi connectivity index (χ1) is 11.2. The van der Waals surface area contributed by atoms with E-state index in [0.29, 0.717) is 17.7 Å². The van der Waals surface area contributed by atoms with Crippen LogP contribution in [-0.2, 0) is 17.9 Å². The van der Waals surface area contributed by atoms with E-state index in [4.69, 9.17) is 4.74 Å². The van der Waals surface area contributed by atoms with E-state index in [2.05, 4.69) is 20.4 Å². The monoisotopic (exact) mass is 336 g/mol. The molecule has 2 amide bonds. The van der Waals surface area contributed by atoms with Crippen molar-refractivity contribution in [3.8, 4) is 0 Å². The summed E-state index contributed by atoms with van der Waals surface area (Å²) >= 11 is 1.42. The minimum absolute atomic E-state index is 0.0810. The number of methoxy groups -OCH3 is 1. The van der Waals surface area contributed by atoms with E-state index in [1.807, 2.05) is 15.0 Å². The molecule has 2 aromatic rings. The van der Waals surface area contributed by atoms with E-state index in [0.717, 1.165) is 38.2 Å². The lowest BCUT2D eigenvalue weighted by Crippen LogP contribution is -2.41. The predicted octanol–water partition coefficient (Wildman–Crippen LogP) is 1.83. The van der Waals surface area contributed by atoms with Crippen molar-refractivity contribution in [3.63, 3.8) is 0 Å². The van der Waals surface area contributed by atoms with Gasteiger partial charge in [-0.3, -0.25) is 10.00 Å². The van der Waals surface area contributed by atoms with Gasteiger partial charge in [-0.05, 0) is 18.8 Å². The number of urea groups is 1. The molecule has 0 aromatic carbocycles. The highest BCUT2D eigenvalue weighted by molar-refractivity contribution is 7.13. The largest absolute Gasteiger partial charge is 0.378 e. The van der Waals surface area contributed by atoms with Crippen molar-refractivity contribution in [2.45, 2.75) is 26.0 Å². The Kier molecular flexibility index (Phi) is 5.19. The average molecular weight is 336 g/mol. The number of anilines is 1. The number of hydrogen-bond donors (Lipinski definition) is 1. The van der Waals surface area contributed by atoms with Crippen LogP contribution < -0.4 is 5.32 Å². The molecule has 1 saturated heterocycles. The normalized spacial score (nSPS) is 15.8. The number of carbonyl (C=O) groups is 1. The summed E-state index contributed by atoms with van der Waals surface area (Å²) < 4.78 is 6.88. The summed E-state index contributed by atoms with van der Waals surface area (Å²) in [5.74, 6) is 0.536. The Labute approximate surface area is 138 Å². The van der Waals surface area contributed by atoms with Crippen LogP contribution in [0.1, 0.15) is 18.5 Å². The van der Waals surface area contributed by atoms with Crippen molar-refractivity contribution in [2.75, 3.05) is 25.5 Å². The number of nitrogens with one attached hydrogen (secondary N) is 1. The molecular weight excluding hydrogens is 316 g/mol. The first-order valence-electron chi connectivity index (χ1n) is 7.56. The zero-order valence-electron chi connectivity index (χ0n) is 13.0. The molecular formula is C14H20N6O2S. The number of likely N-dealkylation sites (tertiary alicyclic amines) is 1. The van der Waals surface area contributed by atoms with E-state index in [1.54, 1.807) is 19.8 Å². The molecule has 0 aliphatic carbocycles. The minimum atomic E-state index is -0.0810. The molecule has 0 saturated carbocycles. The maximum atomic E-state index is 12.3. The van der Waals surface area contributed by atoms with Gasteiger partial charge >= 0.3 is 6.03 Å². The van der Waals surface area contributed by atoms with Crippen LogP contribution in [0.2, 0.25) is 0 Å². The highest BCUT2D eigenvalue weighted by Crippen LogP contribution is 2.21. The third kappa shape index (κ3) is 4.26. The van der Waals surface area contributed by atoms with E-state index in [1.165, 1.54) is 11.3 Å². The second kappa shape index (κ2) is 7.51. The van der Waals surface area contributed by atoms with Crippen molar-refractivity contribution in [2.24, 2.45) is 5.92 Å². The van der Waals surface area contributed by atoms with Crippen LogP contribution >= 0.6 is 11.3 Å². The molecule has 2 aromatic heterocycles. The van der Waals surface area contributed by atoms with Crippen LogP contribution in [0.3, 0.4) is 0 Å². The Morgan fingerprint density at radius 3 is 3.00 bits per heavy atom. The Bertz CT molecular complexity index is 621. The molecule has 0 radical (unpaired) electrons. The van der Waals surface area contributed by atoms with Crippen LogP contribution in [0.5, 0.6) is 0 Å². The van der Waals surface area contributed by atoms with Crippen molar-refractivity contribution in [1.82, 2.24) is 24.6 Å². The van der Waals surface area contributed by atoms with Crippen molar-refractivity contribution in [3.05, 3.63) is 23.7 Å². The van der Waals surface area contributed by atoms with Gasteiger partial charge in [0.15, 0.2) is 5.13 Å². The zero-order chi connectivity index (χ0) is 16.1. The van der Waals surface area contributed by atoms with Gasteiger partial charge in [0.05, 0.1) is 12.3 Å². The van der Waals surface area contributed by atoms with Gasteiger partial charge in [-0.2, -0.15) is 5.10 Å². The molecule has 1 fully saturated rings. The number of rotatable bonds is 5. The third-order valence-electron chi connectivity index (χ3n) is 3.87. The number of nitrogens with zero attached hydrogens (tertiary/aromatic N) is 5. The predicted molar refractivity (Wildman–Crippen MR) is 86.2 cm³/mol. The second-order valence-electron chi connectivity index (χ2n) is 5.56. The molecule has 9 heteroatoms. The maximum absolute atomic E-state index is 12.3. The fourth-order valence-electron chi connectivity index (χ4n) is 2.66. The summed E-state index contributed by atoms with van der Waals surface area (Å²) in [5, 5.41) is 9.51. The molecule has 1 aliphatic heterocycles. The first-order valence-corrected chi connectivity index (χ1v) is 8.44. The molecule has 3 rings (SSSR count). The summed E-state index contributed by atoms with van der Waals surface area (Å²) in [7, 11) is 1.63. The highest BCUT2D eigenvalue weighted by Gasteiger charge is 2.23. The van der Waals surface area contributed by atoms with Crippen molar-refractivity contribution >= 4 is 22.5 Å². The van der Waals surface area contributed by atoms with Gasteiger partial charge in [-0.1, -0.05) is 0 Å². The molecule has 0 bridgehead atoms. The summed E-state index contributed by atoms with van der Waals surface area (Å²) in [6.07, 6.45) is 5.23. The number of piperidine rings is 1. The quantitative estimate of drug-likeness (QED) is 0.900. The SMILES string of the molecule is COCc1csc(NC(=O)N2CCC(Cn3cncn3)CC2)n1. The summed E-state index contributed by atoms with van der Waals surface area (Å²) in [4.78, 5) is 22.4. The van der Waals surface area contributed by atoms with E-state index in [9.17, 15) is 4.79 Å². The maximum Gasteiger partial charge on any atom is 0.323 e. The van der Waals surface area contributed by atoms with Crippen LogP contribution in [-0.4, -0.2) is 50.9 Å². The van der Waals surface area contributed by atoms with Gasteiger partial charge in [0.1, 0.15) is 12.7 Å². The number of hydrogen-bond acceptors (Lipinski definition) is 6. The number of aromatic nitrogens is 4.